The van der Waals surface area contributed by atoms with E-state index in [0.717, 1.165) is 18.6 Å². The smallest absolute Gasteiger partial charge is 0.223 e. The normalized spacial score (nSPS) is 28.8. The molecule has 6 atom stereocenters. The van der Waals surface area contributed by atoms with E-state index in [9.17, 15) is 15.0 Å². The van der Waals surface area contributed by atoms with Crippen LogP contribution in [0.1, 0.15) is 43.7 Å². The lowest BCUT2D eigenvalue weighted by Crippen LogP contribution is -2.35. The summed E-state index contributed by atoms with van der Waals surface area (Å²) in [5, 5.41) is 33.5. The quantitative estimate of drug-likeness (QED) is 0.284. The summed E-state index contributed by atoms with van der Waals surface area (Å²) in [5.41, 5.74) is 7.65. The molecule has 5 N–H and O–H groups in total. The second kappa shape index (κ2) is 8.88. The summed E-state index contributed by atoms with van der Waals surface area (Å²) in [6.07, 6.45) is -0.318. The van der Waals surface area contributed by atoms with E-state index in [-0.39, 0.29) is 12.5 Å². The van der Waals surface area contributed by atoms with Gasteiger partial charge in [-0.15, -0.1) is 5.10 Å². The van der Waals surface area contributed by atoms with Gasteiger partial charge in [-0.05, 0) is 24.8 Å². The van der Waals surface area contributed by atoms with Gasteiger partial charge < -0.3 is 21.3 Å². The predicted octanol–water partition coefficient (Wildman–Crippen LogP) is 1.46. The number of nitrogens with zero attached hydrogens (tertiary/aromatic N) is 5. The van der Waals surface area contributed by atoms with Crippen LogP contribution >= 0.6 is 11.8 Å². The molecule has 0 spiro atoms. The van der Waals surface area contributed by atoms with Gasteiger partial charge in [-0.25, -0.2) is 14.6 Å². The third-order valence-corrected chi connectivity index (χ3v) is 7.46. The molecule has 174 valence electrons. The third-order valence-electron chi connectivity index (χ3n) is 6.41. The highest BCUT2D eigenvalue weighted by molar-refractivity contribution is 7.99. The fourth-order valence-electron chi connectivity index (χ4n) is 4.52. The van der Waals surface area contributed by atoms with Gasteiger partial charge in [-0.1, -0.05) is 54.2 Å². The van der Waals surface area contributed by atoms with Crippen molar-refractivity contribution in [3.05, 3.63) is 35.9 Å². The molecule has 0 unspecified atom stereocenters. The Morgan fingerprint density at radius 2 is 2.00 bits per heavy atom. The van der Waals surface area contributed by atoms with Crippen molar-refractivity contribution in [2.24, 2.45) is 11.7 Å². The average Bonchev–Trinajstić information content (AvgIpc) is 3.35. The molecule has 0 bridgehead atoms. The lowest BCUT2D eigenvalue weighted by atomic mass is 10.1. The number of anilines is 1. The standard InChI is InChI=1S/C22H27N7O3S/c1-2-8-33-22-25-20(24-14-9-12(14)11-6-4-3-5-7-11)16-21(26-22)29(28-27-16)15-10-13(19(23)32)17(30)18(15)31/h3-7,12-15,17-18,30-31H,2,8-10H2,1H3,(H2,23,32)(H,24,25,26)/t12-,13-,14+,15+,17+,18-/m0/s1. The monoisotopic (exact) mass is 469 g/mol. The predicted molar refractivity (Wildman–Crippen MR) is 124 cm³/mol. The molecular weight excluding hydrogens is 442 g/mol. The van der Waals surface area contributed by atoms with E-state index >= 15 is 0 Å². The number of benzene rings is 1. The molecule has 2 aliphatic rings. The van der Waals surface area contributed by atoms with Crippen molar-refractivity contribution in [2.75, 3.05) is 11.1 Å². The van der Waals surface area contributed by atoms with Crippen molar-refractivity contribution < 1.29 is 15.0 Å². The first-order valence-electron chi connectivity index (χ1n) is 11.2. The van der Waals surface area contributed by atoms with Gasteiger partial charge in [0.25, 0.3) is 0 Å². The van der Waals surface area contributed by atoms with Crippen LogP contribution in [0.3, 0.4) is 0 Å². The van der Waals surface area contributed by atoms with Gasteiger partial charge >= 0.3 is 0 Å². The topological polar surface area (TPSA) is 152 Å². The van der Waals surface area contributed by atoms with E-state index in [1.54, 1.807) is 0 Å². The Morgan fingerprint density at radius 1 is 1.21 bits per heavy atom. The molecule has 1 aromatic carbocycles. The lowest BCUT2D eigenvalue weighted by Gasteiger charge is -2.17. The van der Waals surface area contributed by atoms with E-state index < -0.39 is 30.1 Å². The zero-order valence-electron chi connectivity index (χ0n) is 18.2. The number of carbonyl (C=O) groups is 1. The van der Waals surface area contributed by atoms with Crippen LogP contribution in [0.15, 0.2) is 35.5 Å². The van der Waals surface area contributed by atoms with Crippen molar-refractivity contribution in [2.45, 2.75) is 61.6 Å². The molecule has 0 radical (unpaired) electrons. The van der Waals surface area contributed by atoms with Crippen molar-refractivity contribution in [1.82, 2.24) is 25.0 Å². The van der Waals surface area contributed by atoms with Crippen molar-refractivity contribution in [3.63, 3.8) is 0 Å². The Hall–Kier alpha value is -2.76. The van der Waals surface area contributed by atoms with Gasteiger partial charge in [0.05, 0.1) is 18.1 Å². The number of aliphatic hydroxyl groups excluding tert-OH is 2. The number of hydrogen-bond donors (Lipinski definition) is 4. The van der Waals surface area contributed by atoms with Gasteiger partial charge in [0.1, 0.15) is 6.10 Å². The molecule has 3 aromatic rings. The summed E-state index contributed by atoms with van der Waals surface area (Å²) < 4.78 is 1.50. The molecule has 2 fully saturated rings. The van der Waals surface area contributed by atoms with Crippen LogP contribution in [-0.4, -0.2) is 65.1 Å². The number of amides is 1. The van der Waals surface area contributed by atoms with Crippen LogP contribution in [0.5, 0.6) is 0 Å². The summed E-state index contributed by atoms with van der Waals surface area (Å²) in [5.74, 6) is 0.367. The average molecular weight is 470 g/mol. The summed E-state index contributed by atoms with van der Waals surface area (Å²) in [6, 6.07) is 9.92. The number of nitrogens with two attached hydrogens (primary N) is 1. The number of nitrogens with one attached hydrogen (secondary N) is 1. The van der Waals surface area contributed by atoms with Crippen LogP contribution in [0.25, 0.3) is 11.2 Å². The molecule has 0 saturated heterocycles. The second-order valence-corrected chi connectivity index (χ2v) is 9.77. The number of aromatic nitrogens is 5. The molecule has 2 saturated carbocycles. The Bertz CT molecular complexity index is 1160. The zero-order chi connectivity index (χ0) is 23.1. The van der Waals surface area contributed by atoms with Crippen molar-refractivity contribution in [1.29, 1.82) is 0 Å². The number of thioether (sulfide) groups is 1. The van der Waals surface area contributed by atoms with E-state index in [4.69, 9.17) is 10.7 Å². The lowest BCUT2D eigenvalue weighted by molar-refractivity contribution is -0.125. The van der Waals surface area contributed by atoms with E-state index in [1.165, 1.54) is 22.0 Å². The second-order valence-electron chi connectivity index (χ2n) is 8.71. The maximum absolute atomic E-state index is 11.7. The highest BCUT2D eigenvalue weighted by Crippen LogP contribution is 2.43. The first-order valence-corrected chi connectivity index (χ1v) is 12.2. The number of carbonyl (C=O) groups excluding carboxylic acids is 1. The molecule has 33 heavy (non-hydrogen) atoms. The SMILES string of the molecule is CCCSc1nc(N[C@@H]2C[C@H]2c2ccccc2)c2nnn([C@@H]3C[C@H](C(N)=O)[C@@H](O)[C@H]3O)c2n1. The highest BCUT2D eigenvalue weighted by Gasteiger charge is 2.46. The van der Waals surface area contributed by atoms with E-state index in [0.29, 0.717) is 28.1 Å². The van der Waals surface area contributed by atoms with Crippen LogP contribution < -0.4 is 11.1 Å². The molecule has 1 amide bonds. The first kappa shape index (κ1) is 22.1. The Kier molecular flexibility index (Phi) is 5.94. The first-order chi connectivity index (χ1) is 16.0. The molecule has 10 nitrogen and oxygen atoms in total. The van der Waals surface area contributed by atoms with Gasteiger partial charge in [-0.2, -0.15) is 0 Å². The molecule has 0 aliphatic heterocycles. The van der Waals surface area contributed by atoms with Crippen molar-refractivity contribution in [3.8, 4) is 0 Å². The minimum Gasteiger partial charge on any atom is -0.390 e. The number of primary amides is 1. The Balaban J connectivity index is 1.47. The molecule has 2 aliphatic carbocycles. The summed E-state index contributed by atoms with van der Waals surface area (Å²) in [7, 11) is 0. The maximum atomic E-state index is 11.7. The minimum atomic E-state index is -1.25. The van der Waals surface area contributed by atoms with Gasteiger partial charge in [0.2, 0.25) is 5.91 Å². The summed E-state index contributed by atoms with van der Waals surface area (Å²) in [6.45, 7) is 2.09. The minimum absolute atomic E-state index is 0.166. The number of rotatable bonds is 8. The third kappa shape index (κ3) is 4.16. The molecule has 5 rings (SSSR count). The summed E-state index contributed by atoms with van der Waals surface area (Å²) >= 11 is 1.54. The zero-order valence-corrected chi connectivity index (χ0v) is 19.0. The van der Waals surface area contributed by atoms with Gasteiger partial charge in [-0.3, -0.25) is 4.79 Å². The van der Waals surface area contributed by atoms with E-state index in [2.05, 4.69) is 39.7 Å². The Morgan fingerprint density at radius 3 is 2.70 bits per heavy atom. The largest absolute Gasteiger partial charge is 0.390 e. The maximum Gasteiger partial charge on any atom is 0.223 e. The highest BCUT2D eigenvalue weighted by atomic mass is 32.2. The van der Waals surface area contributed by atoms with Crippen LogP contribution in [0.2, 0.25) is 0 Å². The van der Waals surface area contributed by atoms with Gasteiger partial charge in [0, 0.05) is 17.7 Å². The summed E-state index contributed by atoms with van der Waals surface area (Å²) in [4.78, 5) is 21.1. The molecule has 2 heterocycles. The molecular formula is C22H27N7O3S. The number of aliphatic hydroxyl groups is 2. The van der Waals surface area contributed by atoms with Gasteiger partial charge in [0.15, 0.2) is 22.1 Å². The van der Waals surface area contributed by atoms with Crippen molar-refractivity contribution >= 4 is 34.7 Å². The number of fused-ring (bicyclic) bond motifs is 1. The van der Waals surface area contributed by atoms with Crippen LogP contribution in [0.4, 0.5) is 5.82 Å². The van der Waals surface area contributed by atoms with Crippen LogP contribution in [-0.2, 0) is 4.79 Å². The van der Waals surface area contributed by atoms with E-state index in [1.807, 2.05) is 18.2 Å². The number of hydrogen-bond acceptors (Lipinski definition) is 9. The Labute approximate surface area is 195 Å². The fraction of sp³-hybridized carbons (Fsp3) is 0.500. The van der Waals surface area contributed by atoms with Crippen LogP contribution in [0, 0.1) is 5.92 Å². The molecule has 11 heteroatoms. The fourth-order valence-corrected chi connectivity index (χ4v) is 5.22. The molecule has 2 aromatic heterocycles.